The molecule has 1 N–H and O–H groups in total. The molecule has 1 aromatic carbocycles. The Labute approximate surface area is 173 Å². The second-order valence-electron chi connectivity index (χ2n) is 6.40. The van der Waals surface area contributed by atoms with Crippen LogP contribution in [0.1, 0.15) is 17.0 Å². The van der Waals surface area contributed by atoms with Crippen molar-refractivity contribution in [3.63, 3.8) is 0 Å². The summed E-state index contributed by atoms with van der Waals surface area (Å²) in [7, 11) is 1.37. The molecule has 0 aliphatic rings. The van der Waals surface area contributed by atoms with Crippen molar-refractivity contribution in [3.05, 3.63) is 64.6 Å². The van der Waals surface area contributed by atoms with Crippen LogP contribution in [0.4, 0.5) is 0 Å². The average Bonchev–Trinajstić information content (AvgIpc) is 3.08. The van der Waals surface area contributed by atoms with Crippen molar-refractivity contribution in [2.45, 2.75) is 25.9 Å². The highest BCUT2D eigenvalue weighted by Gasteiger charge is 2.17. The zero-order valence-electron chi connectivity index (χ0n) is 16.1. The normalized spacial score (nSPS) is 12.0. The minimum absolute atomic E-state index is 0.241. The van der Waals surface area contributed by atoms with Gasteiger partial charge in [-0.3, -0.25) is 0 Å². The molecular formula is C21H21ClN2O5. The zero-order chi connectivity index (χ0) is 20.8. The molecule has 0 bridgehead atoms. The molecular weight excluding hydrogens is 396 g/mol. The highest BCUT2D eigenvalue weighted by molar-refractivity contribution is 6.30. The second-order valence-corrected chi connectivity index (χ2v) is 6.84. The zero-order valence-corrected chi connectivity index (χ0v) is 16.8. The molecule has 0 saturated heterocycles. The average molecular weight is 417 g/mol. The van der Waals surface area contributed by atoms with E-state index in [0.29, 0.717) is 29.8 Å². The van der Waals surface area contributed by atoms with Gasteiger partial charge in [0.1, 0.15) is 5.76 Å². The molecule has 8 heteroatoms. The minimum atomic E-state index is -1.01. The number of pyridine rings is 1. The lowest BCUT2D eigenvalue weighted by molar-refractivity contribution is -0.148. The molecule has 1 atom stereocenters. The highest BCUT2D eigenvalue weighted by atomic mass is 35.5. The van der Waals surface area contributed by atoms with E-state index in [1.807, 2.05) is 19.1 Å². The fourth-order valence-electron chi connectivity index (χ4n) is 2.73. The number of carboxylic acids is 1. The molecule has 1 unspecified atom stereocenters. The SMILES string of the molecule is COC(Cc1ccc(OCCc2nc(-c3ccc(Cl)cc3)oc2C)nc1)C(=O)O. The lowest BCUT2D eigenvalue weighted by Gasteiger charge is -2.10. The predicted molar refractivity (Wildman–Crippen MR) is 107 cm³/mol. The van der Waals surface area contributed by atoms with E-state index < -0.39 is 12.1 Å². The van der Waals surface area contributed by atoms with Crippen molar-refractivity contribution in [1.82, 2.24) is 9.97 Å². The van der Waals surface area contributed by atoms with Crippen LogP contribution >= 0.6 is 11.6 Å². The molecule has 0 saturated carbocycles. The number of aromatic nitrogens is 2. The van der Waals surface area contributed by atoms with E-state index in [9.17, 15) is 4.79 Å². The molecule has 7 nitrogen and oxygen atoms in total. The van der Waals surface area contributed by atoms with E-state index in [2.05, 4.69) is 9.97 Å². The standard InChI is InChI=1S/C21H21ClN2O5/c1-13-17(24-20(29-13)15-4-6-16(22)7-5-15)9-10-28-19-8-3-14(12-23-19)11-18(27-2)21(25)26/h3-8,12,18H,9-11H2,1-2H3,(H,25,26). The molecule has 0 aliphatic carbocycles. The fraction of sp³-hybridized carbons (Fsp3) is 0.286. The van der Waals surface area contributed by atoms with E-state index in [4.69, 9.17) is 30.6 Å². The predicted octanol–water partition coefficient (Wildman–Crippen LogP) is 3.96. The Morgan fingerprint density at radius 2 is 2.00 bits per heavy atom. The Morgan fingerprint density at radius 1 is 1.24 bits per heavy atom. The smallest absolute Gasteiger partial charge is 0.333 e. The van der Waals surface area contributed by atoms with Gasteiger partial charge in [-0.1, -0.05) is 17.7 Å². The number of hydrogen-bond donors (Lipinski definition) is 1. The van der Waals surface area contributed by atoms with E-state index in [-0.39, 0.29) is 6.42 Å². The number of benzene rings is 1. The Balaban J connectivity index is 1.55. The molecule has 3 aromatic rings. The number of carbonyl (C=O) groups is 1. The first kappa shape index (κ1) is 20.8. The van der Waals surface area contributed by atoms with E-state index in [1.54, 1.807) is 30.5 Å². The quantitative estimate of drug-likeness (QED) is 0.564. The van der Waals surface area contributed by atoms with E-state index >= 15 is 0 Å². The van der Waals surface area contributed by atoms with Crippen molar-refractivity contribution in [2.24, 2.45) is 0 Å². The third-order valence-corrected chi connectivity index (χ3v) is 4.60. The Morgan fingerprint density at radius 3 is 2.62 bits per heavy atom. The van der Waals surface area contributed by atoms with Crippen LogP contribution in [-0.2, 0) is 22.4 Å². The van der Waals surface area contributed by atoms with E-state index in [0.717, 1.165) is 22.6 Å². The molecule has 0 aliphatic heterocycles. The summed E-state index contributed by atoms with van der Waals surface area (Å²) in [6.45, 7) is 2.25. The topological polar surface area (TPSA) is 94.7 Å². The number of aryl methyl sites for hydroxylation is 1. The van der Waals surface area contributed by atoms with Crippen LogP contribution in [0.2, 0.25) is 5.02 Å². The van der Waals surface area contributed by atoms with Gasteiger partial charge >= 0.3 is 5.97 Å². The van der Waals surface area contributed by atoms with Crippen molar-refractivity contribution in [1.29, 1.82) is 0 Å². The van der Waals surface area contributed by atoms with Crippen LogP contribution in [0.25, 0.3) is 11.5 Å². The lowest BCUT2D eigenvalue weighted by Crippen LogP contribution is -2.24. The summed E-state index contributed by atoms with van der Waals surface area (Å²) in [6.07, 6.45) is 1.50. The number of nitrogens with zero attached hydrogens (tertiary/aromatic N) is 2. The summed E-state index contributed by atoms with van der Waals surface area (Å²) >= 11 is 5.91. The first-order valence-corrected chi connectivity index (χ1v) is 9.39. The number of carboxylic acid groups (broad SMARTS) is 1. The number of hydrogen-bond acceptors (Lipinski definition) is 6. The summed E-state index contributed by atoms with van der Waals surface area (Å²) in [5.41, 5.74) is 2.43. The molecule has 29 heavy (non-hydrogen) atoms. The fourth-order valence-corrected chi connectivity index (χ4v) is 2.86. The Hall–Kier alpha value is -2.90. The highest BCUT2D eigenvalue weighted by Crippen LogP contribution is 2.23. The van der Waals surface area contributed by atoms with Crippen molar-refractivity contribution in [3.8, 4) is 17.3 Å². The molecule has 2 aromatic heterocycles. The van der Waals surface area contributed by atoms with Crippen LogP contribution in [0.5, 0.6) is 5.88 Å². The number of ether oxygens (including phenoxy) is 2. The number of oxazole rings is 1. The van der Waals surface area contributed by atoms with Gasteiger partial charge in [0, 0.05) is 42.8 Å². The largest absolute Gasteiger partial charge is 0.479 e. The summed E-state index contributed by atoms with van der Waals surface area (Å²) < 4.78 is 16.3. The molecule has 0 fully saturated rings. The maximum absolute atomic E-state index is 11.0. The summed E-state index contributed by atoms with van der Waals surface area (Å²) in [4.78, 5) is 19.8. The van der Waals surface area contributed by atoms with Crippen molar-refractivity contribution < 1.29 is 23.8 Å². The monoisotopic (exact) mass is 416 g/mol. The Bertz CT molecular complexity index is 954. The van der Waals surface area contributed by atoms with Gasteiger partial charge in [0.15, 0.2) is 6.10 Å². The van der Waals surface area contributed by atoms with Crippen molar-refractivity contribution in [2.75, 3.05) is 13.7 Å². The van der Waals surface area contributed by atoms with Gasteiger partial charge in [-0.2, -0.15) is 0 Å². The molecule has 2 heterocycles. The lowest BCUT2D eigenvalue weighted by atomic mass is 10.1. The second kappa shape index (κ2) is 9.54. The summed E-state index contributed by atoms with van der Waals surface area (Å²) in [6, 6.07) is 10.8. The number of halogens is 1. The number of aliphatic carboxylic acids is 1. The van der Waals surface area contributed by atoms with Crippen LogP contribution < -0.4 is 4.74 Å². The number of methoxy groups -OCH3 is 1. The van der Waals surface area contributed by atoms with Crippen LogP contribution in [-0.4, -0.2) is 40.9 Å². The minimum Gasteiger partial charge on any atom is -0.479 e. The van der Waals surface area contributed by atoms with Crippen LogP contribution in [0, 0.1) is 6.92 Å². The molecule has 0 radical (unpaired) electrons. The molecule has 0 amide bonds. The van der Waals surface area contributed by atoms with E-state index in [1.165, 1.54) is 7.11 Å². The maximum Gasteiger partial charge on any atom is 0.333 e. The third-order valence-electron chi connectivity index (χ3n) is 4.35. The van der Waals surface area contributed by atoms with Gasteiger partial charge in [-0.25, -0.2) is 14.8 Å². The van der Waals surface area contributed by atoms with Gasteiger partial charge in [-0.15, -0.1) is 0 Å². The first-order valence-electron chi connectivity index (χ1n) is 9.02. The summed E-state index contributed by atoms with van der Waals surface area (Å²) in [5, 5.41) is 9.69. The van der Waals surface area contributed by atoms with Gasteiger partial charge in [-0.05, 0) is 36.8 Å². The van der Waals surface area contributed by atoms with Crippen molar-refractivity contribution >= 4 is 17.6 Å². The van der Waals surface area contributed by atoms with Gasteiger partial charge in [0.25, 0.3) is 0 Å². The van der Waals surface area contributed by atoms with Crippen LogP contribution in [0.3, 0.4) is 0 Å². The molecule has 0 spiro atoms. The van der Waals surface area contributed by atoms with Gasteiger partial charge in [0.2, 0.25) is 11.8 Å². The van der Waals surface area contributed by atoms with Crippen LogP contribution in [0.15, 0.2) is 47.0 Å². The number of rotatable bonds is 9. The third kappa shape index (κ3) is 5.56. The first-order chi connectivity index (χ1) is 14.0. The summed E-state index contributed by atoms with van der Waals surface area (Å²) in [5.74, 6) is 0.731. The van der Waals surface area contributed by atoms with Gasteiger partial charge in [0.05, 0.1) is 12.3 Å². The Kier molecular flexibility index (Phi) is 6.85. The molecule has 3 rings (SSSR count). The molecule has 152 valence electrons. The van der Waals surface area contributed by atoms with Gasteiger partial charge < -0.3 is 19.0 Å². The maximum atomic E-state index is 11.0.